The van der Waals surface area contributed by atoms with Gasteiger partial charge >= 0.3 is 0 Å². The predicted octanol–water partition coefficient (Wildman–Crippen LogP) is 2.07. The molecule has 1 amide bonds. The molecular weight excluding hydrogens is 308 g/mol. The van der Waals surface area contributed by atoms with Crippen LogP contribution in [-0.2, 0) is 6.54 Å². The molecule has 2 heterocycles. The van der Waals surface area contributed by atoms with Gasteiger partial charge in [0, 0.05) is 12.6 Å². The molecule has 0 fully saturated rings. The second-order valence-corrected chi connectivity index (χ2v) is 5.06. The van der Waals surface area contributed by atoms with E-state index in [1.807, 2.05) is 31.2 Å². The summed E-state index contributed by atoms with van der Waals surface area (Å²) >= 11 is 0. The van der Waals surface area contributed by atoms with Gasteiger partial charge in [-0.05, 0) is 30.7 Å². The van der Waals surface area contributed by atoms with Crippen LogP contribution in [-0.4, -0.2) is 34.2 Å². The number of hydrogen-bond donors (Lipinski definition) is 1. The number of carbonyl (C=O) groups excluding carboxylic acids is 1. The minimum absolute atomic E-state index is 0.256. The Labute approximate surface area is 139 Å². The van der Waals surface area contributed by atoms with E-state index in [2.05, 4.69) is 15.4 Å². The van der Waals surface area contributed by atoms with E-state index >= 15 is 0 Å². The number of hydrogen-bond acceptors (Lipinski definition) is 5. The van der Waals surface area contributed by atoms with Gasteiger partial charge in [0.2, 0.25) is 5.88 Å². The van der Waals surface area contributed by atoms with E-state index in [0.717, 1.165) is 11.3 Å². The van der Waals surface area contributed by atoms with Crippen LogP contribution in [0.2, 0.25) is 0 Å². The van der Waals surface area contributed by atoms with Crippen LogP contribution in [0.5, 0.6) is 11.6 Å². The van der Waals surface area contributed by atoms with Crippen LogP contribution in [0.25, 0.3) is 5.65 Å². The standard InChI is InChI=1S/C17H18N4O3/c1-3-24-13-6-4-12(5-7-13)10-18-17(22)14-11-21-15(19-14)8-9-16(20-21)23-2/h4-9,11H,3,10H2,1-2H3,(H,18,22). The monoisotopic (exact) mass is 326 g/mol. The minimum Gasteiger partial charge on any atom is -0.494 e. The number of imidazole rings is 1. The number of benzene rings is 1. The zero-order chi connectivity index (χ0) is 16.9. The molecule has 0 saturated carbocycles. The maximum Gasteiger partial charge on any atom is 0.271 e. The van der Waals surface area contributed by atoms with E-state index in [1.165, 1.54) is 11.6 Å². The zero-order valence-electron chi connectivity index (χ0n) is 13.5. The molecule has 0 spiro atoms. The molecule has 0 unspecified atom stereocenters. The fraction of sp³-hybridized carbons (Fsp3) is 0.235. The molecule has 124 valence electrons. The minimum atomic E-state index is -0.256. The summed E-state index contributed by atoms with van der Waals surface area (Å²) in [5.74, 6) is 1.02. The van der Waals surface area contributed by atoms with Gasteiger partial charge in [0.25, 0.3) is 5.91 Å². The van der Waals surface area contributed by atoms with Crippen LogP contribution >= 0.6 is 0 Å². The Morgan fingerprint density at radius 1 is 1.21 bits per heavy atom. The van der Waals surface area contributed by atoms with E-state index in [4.69, 9.17) is 9.47 Å². The predicted molar refractivity (Wildman–Crippen MR) is 88.3 cm³/mol. The van der Waals surface area contributed by atoms with Gasteiger partial charge in [-0.15, -0.1) is 5.10 Å². The van der Waals surface area contributed by atoms with Crippen molar-refractivity contribution < 1.29 is 14.3 Å². The summed E-state index contributed by atoms with van der Waals surface area (Å²) in [7, 11) is 1.54. The van der Waals surface area contributed by atoms with Gasteiger partial charge in [-0.1, -0.05) is 12.1 Å². The molecule has 0 aliphatic heterocycles. The molecule has 1 N–H and O–H groups in total. The van der Waals surface area contributed by atoms with Crippen molar-refractivity contribution in [1.29, 1.82) is 0 Å². The van der Waals surface area contributed by atoms with Crippen molar-refractivity contribution in [2.45, 2.75) is 13.5 Å². The maximum absolute atomic E-state index is 12.2. The quantitative estimate of drug-likeness (QED) is 0.750. The lowest BCUT2D eigenvalue weighted by Gasteiger charge is -2.06. The summed E-state index contributed by atoms with van der Waals surface area (Å²) in [6.07, 6.45) is 1.57. The Morgan fingerprint density at radius 2 is 2.00 bits per heavy atom. The number of rotatable bonds is 6. The molecule has 0 radical (unpaired) electrons. The van der Waals surface area contributed by atoms with E-state index in [0.29, 0.717) is 30.4 Å². The Kier molecular flexibility index (Phi) is 4.60. The summed E-state index contributed by atoms with van der Waals surface area (Å²) in [5.41, 5.74) is 1.87. The number of fused-ring (bicyclic) bond motifs is 1. The Bertz CT molecular complexity index is 843. The van der Waals surface area contributed by atoms with Gasteiger partial charge < -0.3 is 14.8 Å². The van der Waals surface area contributed by atoms with E-state index in [-0.39, 0.29) is 5.91 Å². The number of nitrogens with zero attached hydrogens (tertiary/aromatic N) is 3. The lowest BCUT2D eigenvalue weighted by molar-refractivity contribution is 0.0946. The van der Waals surface area contributed by atoms with Crippen molar-refractivity contribution in [3.8, 4) is 11.6 Å². The molecule has 3 aromatic rings. The van der Waals surface area contributed by atoms with Gasteiger partial charge in [-0.3, -0.25) is 4.79 Å². The average molecular weight is 326 g/mol. The second kappa shape index (κ2) is 6.99. The number of amides is 1. The molecule has 2 aromatic heterocycles. The van der Waals surface area contributed by atoms with Crippen LogP contribution in [0.1, 0.15) is 23.0 Å². The summed E-state index contributed by atoms with van der Waals surface area (Å²) in [6.45, 7) is 2.98. The van der Waals surface area contributed by atoms with Crippen LogP contribution in [0.4, 0.5) is 0 Å². The highest BCUT2D eigenvalue weighted by atomic mass is 16.5. The fourth-order valence-corrected chi connectivity index (χ4v) is 2.23. The third kappa shape index (κ3) is 3.45. The zero-order valence-corrected chi connectivity index (χ0v) is 13.5. The first-order chi connectivity index (χ1) is 11.7. The molecule has 7 nitrogen and oxygen atoms in total. The first kappa shape index (κ1) is 15.8. The summed E-state index contributed by atoms with van der Waals surface area (Å²) in [5, 5.41) is 7.02. The Hall–Kier alpha value is -3.09. The third-order valence-corrected chi connectivity index (χ3v) is 3.42. The van der Waals surface area contributed by atoms with Crippen LogP contribution in [0.3, 0.4) is 0 Å². The normalized spacial score (nSPS) is 10.6. The molecule has 1 aromatic carbocycles. The molecule has 3 rings (SSSR count). The average Bonchev–Trinajstić information content (AvgIpc) is 3.04. The van der Waals surface area contributed by atoms with Crippen molar-refractivity contribution >= 4 is 11.6 Å². The molecule has 0 atom stereocenters. The van der Waals surface area contributed by atoms with E-state index in [1.54, 1.807) is 18.3 Å². The summed E-state index contributed by atoms with van der Waals surface area (Å²) in [4.78, 5) is 16.5. The molecule has 7 heteroatoms. The molecule has 0 bridgehead atoms. The van der Waals surface area contributed by atoms with Crippen molar-refractivity contribution in [3.63, 3.8) is 0 Å². The highest BCUT2D eigenvalue weighted by Gasteiger charge is 2.11. The number of aromatic nitrogens is 3. The third-order valence-electron chi connectivity index (χ3n) is 3.42. The van der Waals surface area contributed by atoms with Gasteiger partial charge in [-0.25, -0.2) is 9.50 Å². The topological polar surface area (TPSA) is 77.8 Å². The van der Waals surface area contributed by atoms with Gasteiger partial charge in [0.1, 0.15) is 11.4 Å². The maximum atomic E-state index is 12.2. The van der Waals surface area contributed by atoms with Crippen LogP contribution < -0.4 is 14.8 Å². The number of ether oxygens (including phenoxy) is 2. The lowest BCUT2D eigenvalue weighted by atomic mass is 10.2. The Balaban J connectivity index is 1.66. The first-order valence-corrected chi connectivity index (χ1v) is 7.60. The van der Waals surface area contributed by atoms with Crippen molar-refractivity contribution in [2.24, 2.45) is 0 Å². The van der Waals surface area contributed by atoms with E-state index in [9.17, 15) is 4.79 Å². The lowest BCUT2D eigenvalue weighted by Crippen LogP contribution is -2.23. The van der Waals surface area contributed by atoms with Gasteiger partial charge in [0.15, 0.2) is 5.65 Å². The summed E-state index contributed by atoms with van der Waals surface area (Å²) in [6, 6.07) is 11.0. The summed E-state index contributed by atoms with van der Waals surface area (Å²) < 4.78 is 12.0. The van der Waals surface area contributed by atoms with Gasteiger partial charge in [0.05, 0.1) is 19.9 Å². The van der Waals surface area contributed by atoms with Crippen LogP contribution in [0, 0.1) is 0 Å². The first-order valence-electron chi connectivity index (χ1n) is 7.60. The highest BCUT2D eigenvalue weighted by molar-refractivity contribution is 5.92. The smallest absolute Gasteiger partial charge is 0.271 e. The molecule has 24 heavy (non-hydrogen) atoms. The van der Waals surface area contributed by atoms with Gasteiger partial charge in [-0.2, -0.15) is 0 Å². The molecule has 0 saturated heterocycles. The number of nitrogens with one attached hydrogen (secondary N) is 1. The highest BCUT2D eigenvalue weighted by Crippen LogP contribution is 2.12. The molecule has 0 aliphatic rings. The van der Waals surface area contributed by atoms with Crippen molar-refractivity contribution in [3.05, 3.63) is 53.9 Å². The van der Waals surface area contributed by atoms with Crippen molar-refractivity contribution in [2.75, 3.05) is 13.7 Å². The fourth-order valence-electron chi connectivity index (χ4n) is 2.23. The van der Waals surface area contributed by atoms with Crippen molar-refractivity contribution in [1.82, 2.24) is 19.9 Å². The number of carbonyl (C=O) groups is 1. The largest absolute Gasteiger partial charge is 0.494 e. The SMILES string of the molecule is CCOc1ccc(CNC(=O)c2cn3nc(OC)ccc3n2)cc1. The Morgan fingerprint density at radius 3 is 2.71 bits per heavy atom. The number of methoxy groups -OCH3 is 1. The van der Waals surface area contributed by atoms with E-state index < -0.39 is 0 Å². The molecular formula is C17H18N4O3. The molecule has 0 aliphatic carbocycles. The van der Waals surface area contributed by atoms with Crippen LogP contribution in [0.15, 0.2) is 42.6 Å². The second-order valence-electron chi connectivity index (χ2n) is 5.06.